The van der Waals surface area contributed by atoms with E-state index in [1.54, 1.807) is 0 Å². The van der Waals surface area contributed by atoms with Crippen LogP contribution < -0.4 is 0 Å². The second-order valence-corrected chi connectivity index (χ2v) is 5.44. The van der Waals surface area contributed by atoms with Gasteiger partial charge in [0.25, 0.3) is 0 Å². The molecular formula is C11H20O8. The molecule has 0 bridgehead atoms. The molecular weight excluding hydrogens is 260 g/mol. The lowest BCUT2D eigenvalue weighted by atomic mass is 9.59. The van der Waals surface area contributed by atoms with Gasteiger partial charge in [0.05, 0.1) is 24.4 Å². The van der Waals surface area contributed by atoms with Crippen molar-refractivity contribution in [3.8, 4) is 0 Å². The molecule has 19 heavy (non-hydrogen) atoms. The molecule has 0 saturated heterocycles. The van der Waals surface area contributed by atoms with Gasteiger partial charge < -0.3 is 40.9 Å². The highest BCUT2D eigenvalue weighted by Crippen LogP contribution is 2.44. The minimum atomic E-state index is -1.67. The van der Waals surface area contributed by atoms with Crippen molar-refractivity contribution in [2.24, 2.45) is 17.8 Å². The van der Waals surface area contributed by atoms with Crippen molar-refractivity contribution in [1.82, 2.24) is 0 Å². The molecule has 2 aliphatic rings. The highest BCUT2D eigenvalue weighted by Gasteiger charge is 2.59. The molecule has 0 spiro atoms. The molecule has 2 saturated carbocycles. The second kappa shape index (κ2) is 5.23. The van der Waals surface area contributed by atoms with E-state index in [4.69, 9.17) is 0 Å². The molecule has 0 aliphatic heterocycles. The third-order valence-corrected chi connectivity index (χ3v) is 4.52. The molecule has 2 aliphatic carbocycles. The molecule has 2 rings (SSSR count). The lowest BCUT2D eigenvalue weighted by Gasteiger charge is -2.54. The predicted octanol–water partition coefficient (Wildman–Crippen LogP) is -4.62. The fraction of sp³-hybridized carbons (Fsp3) is 1.00. The summed E-state index contributed by atoms with van der Waals surface area (Å²) in [5, 5.41) is 77.7. The molecule has 0 aromatic heterocycles. The summed E-state index contributed by atoms with van der Waals surface area (Å²) < 4.78 is 0. The summed E-state index contributed by atoms with van der Waals surface area (Å²) in [6.45, 7) is -0.599. The average Bonchev–Trinajstić information content (AvgIpc) is 2.40. The first-order valence-corrected chi connectivity index (χ1v) is 6.20. The number of hydrogen-bond donors (Lipinski definition) is 8. The molecule has 10 atom stereocenters. The molecule has 112 valence electrons. The highest BCUT2D eigenvalue weighted by molar-refractivity contribution is 5.08. The normalized spacial score (nSPS) is 58.7. The topological polar surface area (TPSA) is 162 Å². The van der Waals surface area contributed by atoms with Crippen LogP contribution in [0.4, 0.5) is 0 Å². The highest BCUT2D eigenvalue weighted by atomic mass is 16.4. The third-order valence-electron chi connectivity index (χ3n) is 4.52. The van der Waals surface area contributed by atoms with Gasteiger partial charge in [-0.25, -0.2) is 0 Å². The van der Waals surface area contributed by atoms with E-state index in [1.165, 1.54) is 0 Å². The van der Waals surface area contributed by atoms with Gasteiger partial charge in [-0.05, 0) is 0 Å². The summed E-state index contributed by atoms with van der Waals surface area (Å²) in [6.07, 6.45) is -11.1. The first kappa shape index (κ1) is 15.1. The Morgan fingerprint density at radius 2 is 0.842 bits per heavy atom. The first-order valence-electron chi connectivity index (χ1n) is 6.20. The van der Waals surface area contributed by atoms with Gasteiger partial charge in [0.15, 0.2) is 0 Å². The first-order chi connectivity index (χ1) is 8.82. The Morgan fingerprint density at radius 1 is 0.474 bits per heavy atom. The van der Waals surface area contributed by atoms with E-state index < -0.39 is 67.1 Å². The zero-order chi connectivity index (χ0) is 14.5. The van der Waals surface area contributed by atoms with Gasteiger partial charge in [-0.2, -0.15) is 0 Å². The van der Waals surface area contributed by atoms with Gasteiger partial charge in [0.1, 0.15) is 18.3 Å². The Hall–Kier alpha value is -0.320. The Morgan fingerprint density at radius 3 is 1.26 bits per heavy atom. The monoisotopic (exact) mass is 280 g/mol. The van der Waals surface area contributed by atoms with Crippen molar-refractivity contribution in [2.45, 2.75) is 42.7 Å². The van der Waals surface area contributed by atoms with Crippen LogP contribution in [0.1, 0.15) is 0 Å². The Labute approximate surface area is 109 Å². The van der Waals surface area contributed by atoms with Gasteiger partial charge in [0.2, 0.25) is 0 Å². The third kappa shape index (κ3) is 2.08. The maximum atomic E-state index is 9.95. The molecule has 8 nitrogen and oxygen atoms in total. The van der Waals surface area contributed by atoms with Crippen LogP contribution in [0.5, 0.6) is 0 Å². The van der Waals surface area contributed by atoms with E-state index in [1.807, 2.05) is 0 Å². The van der Waals surface area contributed by atoms with Gasteiger partial charge in [-0.15, -0.1) is 0 Å². The van der Waals surface area contributed by atoms with Gasteiger partial charge >= 0.3 is 0 Å². The molecule has 0 heterocycles. The summed E-state index contributed by atoms with van der Waals surface area (Å²) in [5.74, 6) is -3.20. The van der Waals surface area contributed by atoms with Gasteiger partial charge in [-0.1, -0.05) is 0 Å². The summed E-state index contributed by atoms with van der Waals surface area (Å²) in [6, 6.07) is 0. The zero-order valence-corrected chi connectivity index (χ0v) is 10.1. The minimum Gasteiger partial charge on any atom is -0.396 e. The van der Waals surface area contributed by atoms with Crippen molar-refractivity contribution in [3.63, 3.8) is 0 Å². The second-order valence-electron chi connectivity index (χ2n) is 5.44. The molecule has 0 amide bonds. The Bertz CT molecular complexity index is 322. The number of hydrogen-bond acceptors (Lipinski definition) is 8. The molecule has 0 unspecified atom stereocenters. The molecule has 0 radical (unpaired) electrons. The fourth-order valence-electron chi connectivity index (χ4n) is 3.42. The van der Waals surface area contributed by atoms with Gasteiger partial charge in [0, 0.05) is 24.4 Å². The van der Waals surface area contributed by atoms with Crippen molar-refractivity contribution in [3.05, 3.63) is 0 Å². The fourth-order valence-corrected chi connectivity index (χ4v) is 3.42. The van der Waals surface area contributed by atoms with Crippen molar-refractivity contribution in [2.75, 3.05) is 6.61 Å². The lowest BCUT2D eigenvalue weighted by Crippen LogP contribution is -2.69. The largest absolute Gasteiger partial charge is 0.396 e. The van der Waals surface area contributed by atoms with E-state index in [9.17, 15) is 40.9 Å². The van der Waals surface area contributed by atoms with E-state index >= 15 is 0 Å². The molecule has 2 fully saturated rings. The summed E-state index contributed by atoms with van der Waals surface area (Å²) in [4.78, 5) is 0. The maximum Gasteiger partial charge on any atom is 0.109 e. The van der Waals surface area contributed by atoms with Crippen LogP contribution in [0, 0.1) is 17.8 Å². The number of fused-ring (bicyclic) bond motifs is 1. The molecule has 0 aromatic carbocycles. The Kier molecular flexibility index (Phi) is 4.15. The van der Waals surface area contributed by atoms with Crippen molar-refractivity contribution >= 4 is 0 Å². The molecule has 8 heteroatoms. The molecule has 0 aromatic rings. The standard InChI is InChI=1S/C11H20O8/c12-1-2-3-4(7(15)9(17)5(2)13)8(16)11(19)10(18)6(3)14/h2-19H,1H2/t2-,3-,4-,5-,6-,7+,8+,9-,10+,11-/m0/s1. The maximum absolute atomic E-state index is 9.95. The zero-order valence-electron chi connectivity index (χ0n) is 10.1. The lowest BCUT2D eigenvalue weighted by molar-refractivity contribution is -0.262. The van der Waals surface area contributed by atoms with E-state index in [0.29, 0.717) is 0 Å². The van der Waals surface area contributed by atoms with Crippen LogP contribution in [0.25, 0.3) is 0 Å². The summed E-state index contributed by atoms with van der Waals surface area (Å²) in [5.41, 5.74) is 0. The van der Waals surface area contributed by atoms with E-state index in [2.05, 4.69) is 0 Å². The van der Waals surface area contributed by atoms with Crippen LogP contribution in [0.15, 0.2) is 0 Å². The van der Waals surface area contributed by atoms with Crippen molar-refractivity contribution < 1.29 is 40.9 Å². The summed E-state index contributed by atoms with van der Waals surface area (Å²) >= 11 is 0. The quantitative estimate of drug-likeness (QED) is 0.238. The SMILES string of the molecule is OC[C@@H]1[C@H](O)[C@H](O)[C@H](O)[C@H]2[C@@H](O)[C@H](O)[C@H](O)[C@@H](O)[C@@H]12. The summed E-state index contributed by atoms with van der Waals surface area (Å²) in [7, 11) is 0. The predicted molar refractivity (Wildman–Crippen MR) is 59.6 cm³/mol. The van der Waals surface area contributed by atoms with Crippen LogP contribution in [0.3, 0.4) is 0 Å². The average molecular weight is 280 g/mol. The van der Waals surface area contributed by atoms with Crippen LogP contribution in [-0.4, -0.2) is 90.2 Å². The van der Waals surface area contributed by atoms with Crippen LogP contribution >= 0.6 is 0 Å². The van der Waals surface area contributed by atoms with Crippen LogP contribution in [-0.2, 0) is 0 Å². The van der Waals surface area contributed by atoms with Crippen LogP contribution in [0.2, 0.25) is 0 Å². The van der Waals surface area contributed by atoms with Crippen molar-refractivity contribution in [1.29, 1.82) is 0 Å². The molecule has 8 N–H and O–H groups in total. The van der Waals surface area contributed by atoms with E-state index in [0.717, 1.165) is 0 Å². The smallest absolute Gasteiger partial charge is 0.109 e. The number of aliphatic hydroxyl groups excluding tert-OH is 8. The minimum absolute atomic E-state index is 0.599. The van der Waals surface area contributed by atoms with Gasteiger partial charge in [-0.3, -0.25) is 0 Å². The number of aliphatic hydroxyl groups is 8. The Balaban J connectivity index is 2.39. The number of rotatable bonds is 1. The van der Waals surface area contributed by atoms with E-state index in [-0.39, 0.29) is 0 Å².